The summed E-state index contributed by atoms with van der Waals surface area (Å²) in [5.41, 5.74) is 1.70. The van der Waals surface area contributed by atoms with E-state index in [-0.39, 0.29) is 19.1 Å². The van der Waals surface area contributed by atoms with Gasteiger partial charge < -0.3 is 20.1 Å². The van der Waals surface area contributed by atoms with Crippen LogP contribution in [-0.4, -0.2) is 30.1 Å². The molecule has 2 aromatic carbocycles. The highest BCUT2D eigenvalue weighted by atomic mass is 16.5. The third kappa shape index (κ3) is 8.12. The molecular weight excluding hydrogens is 396 g/mol. The van der Waals surface area contributed by atoms with Crippen LogP contribution in [-0.2, 0) is 32.3 Å². The van der Waals surface area contributed by atoms with E-state index < -0.39 is 30.1 Å². The molecule has 2 N–H and O–H groups in total. The van der Waals surface area contributed by atoms with Crippen LogP contribution in [0, 0.1) is 5.92 Å². The molecule has 0 aromatic heterocycles. The van der Waals surface area contributed by atoms with Crippen molar-refractivity contribution in [3.63, 3.8) is 0 Å². The van der Waals surface area contributed by atoms with Crippen LogP contribution >= 0.6 is 0 Å². The van der Waals surface area contributed by atoms with Crippen LogP contribution in [0.5, 0.6) is 0 Å². The maximum absolute atomic E-state index is 12.7. The van der Waals surface area contributed by atoms with Crippen LogP contribution in [0.4, 0.5) is 4.79 Å². The average Bonchev–Trinajstić information content (AvgIpc) is 2.79. The molecule has 7 nitrogen and oxygen atoms in total. The van der Waals surface area contributed by atoms with E-state index in [1.54, 1.807) is 6.92 Å². The molecule has 0 heterocycles. The predicted octanol–water partition coefficient (Wildman–Crippen LogP) is 3.58. The Morgan fingerprint density at radius 3 is 1.81 bits per heavy atom. The quantitative estimate of drug-likeness (QED) is 0.567. The van der Waals surface area contributed by atoms with Crippen molar-refractivity contribution in [1.82, 2.24) is 10.6 Å². The minimum atomic E-state index is -0.827. The van der Waals surface area contributed by atoms with Gasteiger partial charge in [0.1, 0.15) is 25.3 Å². The maximum Gasteiger partial charge on any atom is 0.408 e. The summed E-state index contributed by atoms with van der Waals surface area (Å²) in [6.45, 7) is 5.62. The average molecular weight is 427 g/mol. The lowest BCUT2D eigenvalue weighted by Gasteiger charge is -2.24. The van der Waals surface area contributed by atoms with E-state index in [1.165, 1.54) is 0 Å². The van der Waals surface area contributed by atoms with Gasteiger partial charge in [0, 0.05) is 0 Å². The van der Waals surface area contributed by atoms with Crippen molar-refractivity contribution < 1.29 is 23.9 Å². The number of esters is 1. The summed E-state index contributed by atoms with van der Waals surface area (Å²) < 4.78 is 10.5. The van der Waals surface area contributed by atoms with E-state index in [1.807, 2.05) is 74.5 Å². The van der Waals surface area contributed by atoms with Crippen LogP contribution in [0.1, 0.15) is 38.3 Å². The summed E-state index contributed by atoms with van der Waals surface area (Å²) in [6.07, 6.45) is -0.352. The van der Waals surface area contributed by atoms with E-state index in [9.17, 15) is 14.4 Å². The van der Waals surface area contributed by atoms with E-state index in [4.69, 9.17) is 9.47 Å². The molecule has 2 unspecified atom stereocenters. The van der Waals surface area contributed by atoms with Crippen LogP contribution in [0.15, 0.2) is 60.7 Å². The number of carbonyl (C=O) groups excluding carboxylic acids is 3. The first kappa shape index (κ1) is 23.9. The Labute approximate surface area is 183 Å². The molecular formula is C24H30N2O5. The molecule has 7 heteroatoms. The highest BCUT2D eigenvalue weighted by molar-refractivity contribution is 5.89. The molecule has 0 fully saturated rings. The number of carbonyl (C=O) groups is 3. The molecule has 0 aliphatic rings. The van der Waals surface area contributed by atoms with Gasteiger partial charge in [0.05, 0.1) is 0 Å². The number of hydrogen-bond donors (Lipinski definition) is 2. The summed E-state index contributed by atoms with van der Waals surface area (Å²) in [5.74, 6) is -1.17. The Hall–Kier alpha value is -3.35. The van der Waals surface area contributed by atoms with Gasteiger partial charge in [-0.05, 0) is 23.5 Å². The Balaban J connectivity index is 1.88. The Kier molecular flexibility index (Phi) is 9.55. The SMILES string of the molecule is CCC(NC(=O)OCc1ccccc1)C(=O)NC(C(=O)OCc1ccccc1)C(C)C. The number of hydrogen-bond acceptors (Lipinski definition) is 5. The monoisotopic (exact) mass is 426 g/mol. The van der Waals surface area contributed by atoms with Crippen molar-refractivity contribution in [2.45, 2.75) is 52.5 Å². The van der Waals surface area contributed by atoms with Crippen molar-refractivity contribution in [1.29, 1.82) is 0 Å². The minimum Gasteiger partial charge on any atom is -0.459 e. The zero-order valence-corrected chi connectivity index (χ0v) is 18.2. The molecule has 0 bridgehead atoms. The van der Waals surface area contributed by atoms with Gasteiger partial charge in [-0.3, -0.25) is 4.79 Å². The summed E-state index contributed by atoms with van der Waals surface area (Å²) >= 11 is 0. The second-order valence-corrected chi connectivity index (χ2v) is 7.49. The molecule has 2 rings (SSSR count). The zero-order valence-electron chi connectivity index (χ0n) is 18.2. The molecule has 2 atom stereocenters. The second-order valence-electron chi connectivity index (χ2n) is 7.49. The molecule has 0 aliphatic heterocycles. The summed E-state index contributed by atoms with van der Waals surface area (Å²) in [7, 11) is 0. The molecule has 0 saturated carbocycles. The highest BCUT2D eigenvalue weighted by Gasteiger charge is 2.29. The van der Waals surface area contributed by atoms with Crippen LogP contribution in [0.3, 0.4) is 0 Å². The Morgan fingerprint density at radius 2 is 1.32 bits per heavy atom. The van der Waals surface area contributed by atoms with E-state index in [0.29, 0.717) is 6.42 Å². The fraction of sp³-hybridized carbons (Fsp3) is 0.375. The largest absolute Gasteiger partial charge is 0.459 e. The topological polar surface area (TPSA) is 93.7 Å². The Bertz CT molecular complexity index is 840. The standard InChI is InChI=1S/C24H30N2O5/c1-4-20(25-24(29)31-16-19-13-9-6-10-14-19)22(27)26-21(17(2)3)23(28)30-15-18-11-7-5-8-12-18/h5-14,17,20-21H,4,15-16H2,1-3H3,(H,25,29)(H,26,27). The Morgan fingerprint density at radius 1 is 0.806 bits per heavy atom. The number of amides is 2. The van der Waals surface area contributed by atoms with Crippen molar-refractivity contribution in [2.75, 3.05) is 0 Å². The van der Waals surface area contributed by atoms with Gasteiger partial charge in [0.2, 0.25) is 5.91 Å². The molecule has 2 amide bonds. The first-order valence-electron chi connectivity index (χ1n) is 10.4. The molecule has 2 aromatic rings. The lowest BCUT2D eigenvalue weighted by atomic mass is 10.0. The second kappa shape index (κ2) is 12.4. The molecule has 0 spiro atoms. The van der Waals surface area contributed by atoms with Gasteiger partial charge in [-0.1, -0.05) is 81.4 Å². The first-order valence-corrected chi connectivity index (χ1v) is 10.4. The van der Waals surface area contributed by atoms with Gasteiger partial charge in [-0.2, -0.15) is 0 Å². The number of alkyl carbamates (subject to hydrolysis) is 1. The summed E-state index contributed by atoms with van der Waals surface area (Å²) in [5, 5.41) is 5.25. The number of ether oxygens (including phenoxy) is 2. The van der Waals surface area contributed by atoms with Gasteiger partial charge >= 0.3 is 12.1 Å². The van der Waals surface area contributed by atoms with Gasteiger partial charge in [-0.25, -0.2) is 9.59 Å². The van der Waals surface area contributed by atoms with Crippen LogP contribution in [0.2, 0.25) is 0 Å². The van der Waals surface area contributed by atoms with Crippen molar-refractivity contribution in [2.24, 2.45) is 5.92 Å². The maximum atomic E-state index is 12.7. The summed E-state index contributed by atoms with van der Waals surface area (Å²) in [4.78, 5) is 37.3. The smallest absolute Gasteiger partial charge is 0.408 e. The van der Waals surface area contributed by atoms with Crippen molar-refractivity contribution in [3.05, 3.63) is 71.8 Å². The van der Waals surface area contributed by atoms with E-state index >= 15 is 0 Å². The predicted molar refractivity (Wildman–Crippen MR) is 117 cm³/mol. The number of benzene rings is 2. The van der Waals surface area contributed by atoms with Crippen LogP contribution in [0.25, 0.3) is 0 Å². The normalized spacial score (nSPS) is 12.5. The highest BCUT2D eigenvalue weighted by Crippen LogP contribution is 2.09. The molecule has 166 valence electrons. The lowest BCUT2D eigenvalue weighted by Crippen LogP contribution is -2.53. The fourth-order valence-electron chi connectivity index (χ4n) is 2.83. The number of rotatable bonds is 10. The molecule has 0 saturated heterocycles. The van der Waals surface area contributed by atoms with Gasteiger partial charge in [-0.15, -0.1) is 0 Å². The number of nitrogens with one attached hydrogen (secondary N) is 2. The van der Waals surface area contributed by atoms with Crippen LogP contribution < -0.4 is 10.6 Å². The third-order valence-corrected chi connectivity index (χ3v) is 4.67. The summed E-state index contributed by atoms with van der Waals surface area (Å²) in [6, 6.07) is 16.9. The molecule has 31 heavy (non-hydrogen) atoms. The van der Waals surface area contributed by atoms with E-state index in [2.05, 4.69) is 10.6 Å². The van der Waals surface area contributed by atoms with Crippen molar-refractivity contribution in [3.8, 4) is 0 Å². The first-order chi connectivity index (χ1) is 14.9. The zero-order chi connectivity index (χ0) is 22.6. The molecule has 0 radical (unpaired) electrons. The van der Waals surface area contributed by atoms with E-state index in [0.717, 1.165) is 11.1 Å². The fourth-order valence-corrected chi connectivity index (χ4v) is 2.83. The molecule has 0 aliphatic carbocycles. The van der Waals surface area contributed by atoms with Gasteiger partial charge in [0.25, 0.3) is 0 Å². The minimum absolute atomic E-state index is 0.102. The lowest BCUT2D eigenvalue weighted by molar-refractivity contribution is -0.150. The third-order valence-electron chi connectivity index (χ3n) is 4.67. The van der Waals surface area contributed by atoms with Gasteiger partial charge in [0.15, 0.2) is 0 Å². The van der Waals surface area contributed by atoms with Crippen molar-refractivity contribution >= 4 is 18.0 Å².